The highest BCUT2D eigenvalue weighted by atomic mass is 79.9. The number of H-pyrrole nitrogens is 1. The largest absolute Gasteiger partial charge is 0.495 e. The Bertz CT molecular complexity index is 499. The van der Waals surface area contributed by atoms with E-state index in [2.05, 4.69) is 26.1 Å². The van der Waals surface area contributed by atoms with Crippen LogP contribution in [0.1, 0.15) is 5.56 Å². The van der Waals surface area contributed by atoms with E-state index >= 15 is 0 Å². The second-order valence-electron chi connectivity index (χ2n) is 3.51. The number of methoxy groups -OCH3 is 1. The third-order valence-electron chi connectivity index (χ3n) is 2.41. The summed E-state index contributed by atoms with van der Waals surface area (Å²) in [6, 6.07) is 3.98. The van der Waals surface area contributed by atoms with Crippen molar-refractivity contribution in [1.29, 1.82) is 0 Å². The zero-order chi connectivity index (χ0) is 11.7. The normalized spacial score (nSPS) is 10.4. The van der Waals surface area contributed by atoms with Crippen molar-refractivity contribution in [2.45, 2.75) is 6.92 Å². The van der Waals surface area contributed by atoms with Gasteiger partial charge in [-0.2, -0.15) is 5.10 Å². The minimum atomic E-state index is 0.566. The monoisotopic (exact) mass is 281 g/mol. The van der Waals surface area contributed by atoms with Gasteiger partial charge in [0.1, 0.15) is 11.6 Å². The number of anilines is 1. The van der Waals surface area contributed by atoms with Crippen LogP contribution in [-0.4, -0.2) is 17.3 Å². The van der Waals surface area contributed by atoms with Crippen LogP contribution in [0.3, 0.4) is 0 Å². The van der Waals surface area contributed by atoms with Crippen molar-refractivity contribution >= 4 is 21.7 Å². The molecule has 0 aliphatic heterocycles. The van der Waals surface area contributed by atoms with Crippen LogP contribution in [-0.2, 0) is 0 Å². The molecule has 0 amide bonds. The molecule has 0 saturated heterocycles. The molecule has 3 N–H and O–H groups in total. The quantitative estimate of drug-likeness (QED) is 0.890. The number of aromatic amines is 1. The number of nitrogens with two attached hydrogens (primary N) is 1. The molecule has 0 spiro atoms. The van der Waals surface area contributed by atoms with Gasteiger partial charge in [0.2, 0.25) is 0 Å². The van der Waals surface area contributed by atoms with Crippen LogP contribution in [0, 0.1) is 6.92 Å². The van der Waals surface area contributed by atoms with Gasteiger partial charge < -0.3 is 10.5 Å². The molecule has 0 fully saturated rings. The first-order valence-corrected chi connectivity index (χ1v) is 5.56. The van der Waals surface area contributed by atoms with Gasteiger partial charge in [-0.15, -0.1) is 0 Å². The van der Waals surface area contributed by atoms with Crippen LogP contribution in [0.25, 0.3) is 11.1 Å². The van der Waals surface area contributed by atoms with E-state index < -0.39 is 0 Å². The van der Waals surface area contributed by atoms with E-state index in [9.17, 15) is 0 Å². The molecule has 1 aromatic heterocycles. The fourth-order valence-corrected chi connectivity index (χ4v) is 2.39. The van der Waals surface area contributed by atoms with Crippen LogP contribution in [0.5, 0.6) is 5.75 Å². The molecule has 0 aliphatic rings. The van der Waals surface area contributed by atoms with Gasteiger partial charge >= 0.3 is 0 Å². The molecule has 0 aliphatic carbocycles. The number of aryl methyl sites for hydroxylation is 1. The number of halogens is 1. The maximum Gasteiger partial charge on any atom is 0.135 e. The first kappa shape index (κ1) is 11.0. The lowest BCUT2D eigenvalue weighted by molar-refractivity contribution is 0.409. The number of hydrogen-bond donors (Lipinski definition) is 2. The Kier molecular flexibility index (Phi) is 2.87. The number of aromatic nitrogens is 2. The number of nitrogens with one attached hydrogen (secondary N) is 1. The Morgan fingerprint density at radius 3 is 2.69 bits per heavy atom. The molecule has 16 heavy (non-hydrogen) atoms. The van der Waals surface area contributed by atoms with E-state index in [1.807, 2.05) is 19.1 Å². The van der Waals surface area contributed by atoms with Crippen molar-refractivity contribution in [2.75, 3.05) is 12.8 Å². The maximum atomic E-state index is 5.78. The summed E-state index contributed by atoms with van der Waals surface area (Å²) in [5, 5.41) is 6.62. The highest BCUT2D eigenvalue weighted by Crippen LogP contribution is 2.35. The molecule has 0 bridgehead atoms. The van der Waals surface area contributed by atoms with Crippen molar-refractivity contribution in [3.05, 3.63) is 28.4 Å². The molecule has 1 heterocycles. The molecule has 1 aromatic carbocycles. The average molecular weight is 282 g/mol. The minimum Gasteiger partial charge on any atom is -0.495 e. The van der Waals surface area contributed by atoms with Crippen molar-refractivity contribution < 1.29 is 4.74 Å². The van der Waals surface area contributed by atoms with Gasteiger partial charge in [0.25, 0.3) is 0 Å². The van der Waals surface area contributed by atoms with Crippen LogP contribution in [0.4, 0.5) is 5.82 Å². The van der Waals surface area contributed by atoms with Crippen molar-refractivity contribution in [2.24, 2.45) is 0 Å². The van der Waals surface area contributed by atoms with Crippen LogP contribution < -0.4 is 10.5 Å². The van der Waals surface area contributed by atoms with Gasteiger partial charge in [0, 0.05) is 5.56 Å². The lowest BCUT2D eigenvalue weighted by Crippen LogP contribution is -1.91. The van der Waals surface area contributed by atoms with Crippen molar-refractivity contribution in [3.63, 3.8) is 0 Å². The lowest BCUT2D eigenvalue weighted by Gasteiger charge is -2.09. The number of nitrogen functional groups attached to an aromatic ring is 1. The fourth-order valence-electron chi connectivity index (χ4n) is 1.67. The van der Waals surface area contributed by atoms with Gasteiger partial charge in [0.15, 0.2) is 0 Å². The summed E-state index contributed by atoms with van der Waals surface area (Å²) in [7, 11) is 1.65. The zero-order valence-corrected chi connectivity index (χ0v) is 10.6. The van der Waals surface area contributed by atoms with E-state index in [4.69, 9.17) is 10.5 Å². The highest BCUT2D eigenvalue weighted by molar-refractivity contribution is 9.10. The third kappa shape index (κ3) is 1.78. The minimum absolute atomic E-state index is 0.566. The Morgan fingerprint density at radius 2 is 2.19 bits per heavy atom. The average Bonchev–Trinajstić information content (AvgIpc) is 2.64. The topological polar surface area (TPSA) is 63.9 Å². The molecule has 2 aromatic rings. The van der Waals surface area contributed by atoms with Gasteiger partial charge in [0.05, 0.1) is 17.8 Å². The van der Waals surface area contributed by atoms with Gasteiger partial charge in [-0.3, -0.25) is 5.10 Å². The predicted molar refractivity (Wildman–Crippen MR) is 67.4 cm³/mol. The molecule has 0 atom stereocenters. The number of hydrogen-bond acceptors (Lipinski definition) is 3. The summed E-state index contributed by atoms with van der Waals surface area (Å²) in [6.45, 7) is 1.99. The number of nitrogens with zero attached hydrogens (tertiary/aromatic N) is 1. The SMILES string of the molecule is COc1c(C)cc(-c2cn[nH]c2N)cc1Br. The highest BCUT2D eigenvalue weighted by Gasteiger charge is 2.10. The smallest absolute Gasteiger partial charge is 0.135 e. The van der Waals surface area contributed by atoms with E-state index in [-0.39, 0.29) is 0 Å². The predicted octanol–water partition coefficient (Wildman–Crippen LogP) is 2.74. The second kappa shape index (κ2) is 4.17. The zero-order valence-electron chi connectivity index (χ0n) is 9.04. The molecule has 0 radical (unpaired) electrons. The summed E-state index contributed by atoms with van der Waals surface area (Å²) in [4.78, 5) is 0. The van der Waals surface area contributed by atoms with Gasteiger partial charge in [-0.25, -0.2) is 0 Å². The Morgan fingerprint density at radius 1 is 1.44 bits per heavy atom. The van der Waals surface area contributed by atoms with Gasteiger partial charge in [-0.05, 0) is 46.1 Å². The Hall–Kier alpha value is -1.49. The number of rotatable bonds is 2. The number of benzene rings is 1. The first-order chi connectivity index (χ1) is 7.63. The molecular formula is C11H12BrN3O. The third-order valence-corrected chi connectivity index (χ3v) is 3.00. The van der Waals surface area contributed by atoms with Crippen LogP contribution in [0.15, 0.2) is 22.8 Å². The van der Waals surface area contributed by atoms with Crippen molar-refractivity contribution in [1.82, 2.24) is 10.2 Å². The summed E-state index contributed by atoms with van der Waals surface area (Å²) in [5.41, 5.74) is 8.73. The summed E-state index contributed by atoms with van der Waals surface area (Å²) < 4.78 is 6.18. The molecule has 4 nitrogen and oxygen atoms in total. The van der Waals surface area contributed by atoms with E-state index in [0.717, 1.165) is 26.9 Å². The molecule has 0 saturated carbocycles. The van der Waals surface area contributed by atoms with Crippen LogP contribution >= 0.6 is 15.9 Å². The fraction of sp³-hybridized carbons (Fsp3) is 0.182. The molecule has 2 rings (SSSR count). The van der Waals surface area contributed by atoms with Crippen molar-refractivity contribution in [3.8, 4) is 16.9 Å². The Labute approximate surface area is 102 Å². The molecule has 84 valence electrons. The summed E-state index contributed by atoms with van der Waals surface area (Å²) in [5.74, 6) is 1.40. The van der Waals surface area contributed by atoms with E-state index in [1.54, 1.807) is 13.3 Å². The molecular weight excluding hydrogens is 270 g/mol. The van der Waals surface area contributed by atoms with Gasteiger partial charge in [-0.1, -0.05) is 0 Å². The standard InChI is InChI=1S/C11H12BrN3O/c1-6-3-7(4-9(12)10(6)16-2)8-5-14-15-11(8)13/h3-5H,1-2H3,(H3,13,14,15). The molecule has 5 heteroatoms. The number of ether oxygens (including phenoxy) is 1. The molecule has 0 unspecified atom stereocenters. The second-order valence-corrected chi connectivity index (χ2v) is 4.36. The van der Waals surface area contributed by atoms with E-state index in [0.29, 0.717) is 5.82 Å². The summed E-state index contributed by atoms with van der Waals surface area (Å²) >= 11 is 3.47. The Balaban J connectivity index is 2.57. The maximum absolute atomic E-state index is 5.78. The first-order valence-electron chi connectivity index (χ1n) is 4.77. The van der Waals surface area contributed by atoms with E-state index in [1.165, 1.54) is 0 Å². The lowest BCUT2D eigenvalue weighted by atomic mass is 10.1. The summed E-state index contributed by atoms with van der Waals surface area (Å²) in [6.07, 6.45) is 1.71. The van der Waals surface area contributed by atoms with Crippen LogP contribution in [0.2, 0.25) is 0 Å².